The molecule has 106 valence electrons. The summed E-state index contributed by atoms with van der Waals surface area (Å²) in [5.41, 5.74) is 1.94. The highest BCUT2D eigenvalue weighted by molar-refractivity contribution is 9.10. The van der Waals surface area contributed by atoms with Crippen molar-refractivity contribution in [1.29, 1.82) is 0 Å². The predicted molar refractivity (Wildman–Crippen MR) is 77.3 cm³/mol. The Morgan fingerprint density at radius 2 is 2.20 bits per heavy atom. The highest BCUT2D eigenvalue weighted by Gasteiger charge is 2.15. The molecule has 0 spiro atoms. The van der Waals surface area contributed by atoms with Crippen molar-refractivity contribution in [3.63, 3.8) is 0 Å². The van der Waals surface area contributed by atoms with Gasteiger partial charge in [0.15, 0.2) is 0 Å². The van der Waals surface area contributed by atoms with Gasteiger partial charge in [0, 0.05) is 17.3 Å². The number of halogens is 1. The highest BCUT2D eigenvalue weighted by atomic mass is 79.9. The molecular weight excluding hydrogens is 324 g/mol. The number of nitrogens with zero attached hydrogens (tertiary/aromatic N) is 2. The second-order valence-electron chi connectivity index (χ2n) is 4.89. The van der Waals surface area contributed by atoms with Gasteiger partial charge in [-0.15, -0.1) is 10.2 Å². The van der Waals surface area contributed by atoms with E-state index in [4.69, 9.17) is 9.52 Å². The molecule has 1 aromatic heterocycles. The van der Waals surface area contributed by atoms with Crippen molar-refractivity contribution >= 4 is 21.9 Å². The van der Waals surface area contributed by atoms with Crippen molar-refractivity contribution < 1.29 is 14.3 Å². The summed E-state index contributed by atoms with van der Waals surface area (Å²) in [6.07, 6.45) is 0.550. The molecule has 0 saturated carbocycles. The molecule has 0 amide bonds. The topological polar surface area (TPSA) is 76.2 Å². The number of aryl methyl sites for hydroxylation is 1. The van der Waals surface area contributed by atoms with Crippen LogP contribution in [0.4, 0.5) is 0 Å². The van der Waals surface area contributed by atoms with E-state index < -0.39 is 5.97 Å². The molecule has 1 N–H and O–H groups in total. The third-order valence-corrected chi connectivity index (χ3v) is 3.56. The van der Waals surface area contributed by atoms with Crippen molar-refractivity contribution in [2.24, 2.45) is 5.92 Å². The first-order valence-corrected chi connectivity index (χ1v) is 7.05. The summed E-state index contributed by atoms with van der Waals surface area (Å²) in [4.78, 5) is 10.6. The summed E-state index contributed by atoms with van der Waals surface area (Å²) < 4.78 is 6.50. The molecule has 6 heteroatoms. The van der Waals surface area contributed by atoms with Crippen LogP contribution in [0.5, 0.6) is 0 Å². The first-order chi connectivity index (χ1) is 9.45. The number of benzene rings is 1. The Morgan fingerprint density at radius 1 is 1.45 bits per heavy atom. The molecule has 1 aromatic carbocycles. The summed E-state index contributed by atoms with van der Waals surface area (Å²) in [5.74, 6) is 0.0423. The van der Waals surface area contributed by atoms with E-state index in [1.807, 2.05) is 32.0 Å². The maximum atomic E-state index is 10.6. The van der Waals surface area contributed by atoms with Gasteiger partial charge in [-0.25, -0.2) is 0 Å². The molecule has 0 radical (unpaired) electrons. The van der Waals surface area contributed by atoms with Crippen LogP contribution >= 0.6 is 15.9 Å². The van der Waals surface area contributed by atoms with Gasteiger partial charge in [0.05, 0.1) is 5.56 Å². The first kappa shape index (κ1) is 14.7. The van der Waals surface area contributed by atoms with E-state index in [-0.39, 0.29) is 12.3 Å². The standard InChI is InChI=1S/C14H15BrN2O3/c1-8-3-4-11(15)10(5-8)14-17-16-12(20-14)6-9(2)7-13(18)19/h3-5,9H,6-7H2,1-2H3,(H,18,19). The first-order valence-electron chi connectivity index (χ1n) is 6.26. The van der Waals surface area contributed by atoms with Crippen LogP contribution in [0.15, 0.2) is 27.1 Å². The Balaban J connectivity index is 2.16. The monoisotopic (exact) mass is 338 g/mol. The number of carboxylic acid groups (broad SMARTS) is 1. The third-order valence-electron chi connectivity index (χ3n) is 2.87. The summed E-state index contributed by atoms with van der Waals surface area (Å²) in [6, 6.07) is 5.88. The molecule has 0 aliphatic carbocycles. The normalized spacial score (nSPS) is 12.3. The predicted octanol–water partition coefficient (Wildman–Crippen LogP) is 3.46. The van der Waals surface area contributed by atoms with Gasteiger partial charge in [-0.3, -0.25) is 4.79 Å². The Labute approximate surface area is 125 Å². The van der Waals surface area contributed by atoms with E-state index in [2.05, 4.69) is 26.1 Å². The molecule has 0 bridgehead atoms. The van der Waals surface area contributed by atoms with Gasteiger partial charge < -0.3 is 9.52 Å². The zero-order valence-electron chi connectivity index (χ0n) is 11.3. The molecule has 1 atom stereocenters. The second-order valence-corrected chi connectivity index (χ2v) is 5.75. The van der Waals surface area contributed by atoms with Crippen LogP contribution < -0.4 is 0 Å². The molecular formula is C14H15BrN2O3. The SMILES string of the molecule is Cc1ccc(Br)c(-c2nnc(CC(C)CC(=O)O)o2)c1. The lowest BCUT2D eigenvalue weighted by atomic mass is 10.0. The number of carbonyl (C=O) groups is 1. The van der Waals surface area contributed by atoms with Gasteiger partial charge >= 0.3 is 5.97 Å². The van der Waals surface area contributed by atoms with Gasteiger partial charge in [-0.2, -0.15) is 0 Å². The van der Waals surface area contributed by atoms with Crippen molar-refractivity contribution in [3.05, 3.63) is 34.1 Å². The lowest BCUT2D eigenvalue weighted by Gasteiger charge is -2.04. The largest absolute Gasteiger partial charge is 0.481 e. The average molecular weight is 339 g/mol. The van der Waals surface area contributed by atoms with Gasteiger partial charge in [0.2, 0.25) is 11.8 Å². The van der Waals surface area contributed by atoms with Crippen molar-refractivity contribution in [3.8, 4) is 11.5 Å². The fourth-order valence-electron chi connectivity index (χ4n) is 1.92. The van der Waals surface area contributed by atoms with Crippen molar-refractivity contribution in [1.82, 2.24) is 10.2 Å². The lowest BCUT2D eigenvalue weighted by molar-refractivity contribution is -0.137. The van der Waals surface area contributed by atoms with E-state index in [9.17, 15) is 4.79 Å². The van der Waals surface area contributed by atoms with Crippen LogP contribution in [0.1, 0.15) is 24.8 Å². The van der Waals surface area contributed by atoms with Crippen LogP contribution in [-0.4, -0.2) is 21.3 Å². The van der Waals surface area contributed by atoms with Gasteiger partial charge in [0.25, 0.3) is 0 Å². The summed E-state index contributed by atoms with van der Waals surface area (Å²) >= 11 is 3.45. The number of carboxylic acids is 1. The molecule has 0 fully saturated rings. The molecule has 20 heavy (non-hydrogen) atoms. The van der Waals surface area contributed by atoms with Crippen molar-refractivity contribution in [2.75, 3.05) is 0 Å². The summed E-state index contributed by atoms with van der Waals surface area (Å²) in [6.45, 7) is 3.84. The Kier molecular flexibility index (Phi) is 4.54. The number of rotatable bonds is 5. The quantitative estimate of drug-likeness (QED) is 0.903. The molecule has 2 aromatic rings. The maximum Gasteiger partial charge on any atom is 0.303 e. The van der Waals surface area contributed by atoms with E-state index in [1.54, 1.807) is 0 Å². The van der Waals surface area contributed by atoms with E-state index in [0.29, 0.717) is 18.2 Å². The minimum atomic E-state index is -0.821. The minimum absolute atomic E-state index is 0.0400. The number of aromatic nitrogens is 2. The van der Waals surface area contributed by atoms with E-state index in [0.717, 1.165) is 15.6 Å². The third kappa shape index (κ3) is 3.66. The molecule has 0 saturated heterocycles. The lowest BCUT2D eigenvalue weighted by Crippen LogP contribution is -2.07. The zero-order valence-corrected chi connectivity index (χ0v) is 12.8. The fraction of sp³-hybridized carbons (Fsp3) is 0.357. The molecule has 2 rings (SSSR count). The minimum Gasteiger partial charge on any atom is -0.481 e. The Hall–Kier alpha value is -1.69. The van der Waals surface area contributed by atoms with Crippen LogP contribution in [0.3, 0.4) is 0 Å². The summed E-state index contributed by atoms with van der Waals surface area (Å²) in [5, 5.41) is 16.7. The Morgan fingerprint density at radius 3 is 2.90 bits per heavy atom. The maximum absolute atomic E-state index is 10.6. The molecule has 0 aliphatic rings. The van der Waals surface area contributed by atoms with Crippen LogP contribution in [0.2, 0.25) is 0 Å². The van der Waals surface area contributed by atoms with E-state index >= 15 is 0 Å². The molecule has 1 unspecified atom stereocenters. The number of aliphatic carboxylic acids is 1. The van der Waals surface area contributed by atoms with Gasteiger partial charge in [0.1, 0.15) is 0 Å². The zero-order chi connectivity index (χ0) is 14.7. The highest BCUT2D eigenvalue weighted by Crippen LogP contribution is 2.28. The van der Waals surface area contributed by atoms with Gasteiger partial charge in [-0.1, -0.05) is 18.6 Å². The Bertz CT molecular complexity index is 625. The smallest absolute Gasteiger partial charge is 0.303 e. The molecule has 0 aliphatic heterocycles. The molecule has 5 nitrogen and oxygen atoms in total. The van der Waals surface area contributed by atoms with Gasteiger partial charge in [-0.05, 0) is 40.9 Å². The number of hydrogen-bond acceptors (Lipinski definition) is 4. The fourth-order valence-corrected chi connectivity index (χ4v) is 2.33. The van der Waals surface area contributed by atoms with Crippen LogP contribution in [0, 0.1) is 12.8 Å². The molecule has 1 heterocycles. The number of hydrogen-bond donors (Lipinski definition) is 1. The van der Waals surface area contributed by atoms with Crippen molar-refractivity contribution in [2.45, 2.75) is 26.7 Å². The average Bonchev–Trinajstić information content (AvgIpc) is 2.79. The van der Waals surface area contributed by atoms with Crippen LogP contribution in [-0.2, 0) is 11.2 Å². The summed E-state index contributed by atoms with van der Waals surface area (Å²) in [7, 11) is 0. The van der Waals surface area contributed by atoms with E-state index in [1.165, 1.54) is 0 Å². The second kappa shape index (κ2) is 6.17. The van der Waals surface area contributed by atoms with Crippen LogP contribution in [0.25, 0.3) is 11.5 Å².